The first kappa shape index (κ1) is 17.7. The topological polar surface area (TPSA) is 79.2 Å². The van der Waals surface area contributed by atoms with Crippen molar-refractivity contribution in [2.75, 3.05) is 0 Å². The second kappa shape index (κ2) is 7.41. The van der Waals surface area contributed by atoms with Crippen molar-refractivity contribution in [1.82, 2.24) is 15.2 Å². The van der Waals surface area contributed by atoms with E-state index in [1.54, 1.807) is 25.1 Å². The predicted octanol–water partition coefficient (Wildman–Crippen LogP) is 3.20. The number of H-pyrrole nitrogens is 1. The highest BCUT2D eigenvalue weighted by Gasteiger charge is 2.11. The van der Waals surface area contributed by atoms with Crippen LogP contribution in [0, 0.1) is 13.8 Å². The van der Waals surface area contributed by atoms with Crippen LogP contribution in [0.15, 0.2) is 58.4 Å². The Balaban J connectivity index is 1.79. The molecule has 6 nitrogen and oxygen atoms in total. The van der Waals surface area contributed by atoms with Gasteiger partial charge in [0.1, 0.15) is 0 Å². The molecule has 0 saturated heterocycles. The standard InChI is InChI=1S/C19H17ClN4O2/c1-12-8-9-14(10-17(12)20)18(25)22-21-11-16-13(2)23-24(19(16)26)15-6-4-3-5-7-15/h3-11,23H,1-2H3,(H,22,25)/b21-11-. The summed E-state index contributed by atoms with van der Waals surface area (Å²) < 4.78 is 1.43. The zero-order valence-corrected chi connectivity index (χ0v) is 15.0. The van der Waals surface area contributed by atoms with E-state index in [0.29, 0.717) is 21.8 Å². The maximum absolute atomic E-state index is 12.5. The number of amides is 1. The van der Waals surface area contributed by atoms with E-state index in [-0.39, 0.29) is 5.56 Å². The van der Waals surface area contributed by atoms with Gasteiger partial charge in [0.05, 0.1) is 17.5 Å². The molecular formula is C19H17ClN4O2. The van der Waals surface area contributed by atoms with Crippen molar-refractivity contribution in [3.63, 3.8) is 0 Å². The summed E-state index contributed by atoms with van der Waals surface area (Å²) >= 11 is 6.02. The van der Waals surface area contributed by atoms with Gasteiger partial charge in [-0.1, -0.05) is 35.9 Å². The van der Waals surface area contributed by atoms with Crippen LogP contribution in [0.1, 0.15) is 27.2 Å². The average Bonchev–Trinajstić information content (AvgIpc) is 2.92. The first-order valence-electron chi connectivity index (χ1n) is 7.94. The van der Waals surface area contributed by atoms with E-state index in [1.165, 1.54) is 10.9 Å². The van der Waals surface area contributed by atoms with E-state index in [4.69, 9.17) is 11.6 Å². The predicted molar refractivity (Wildman–Crippen MR) is 102 cm³/mol. The molecule has 0 unspecified atom stereocenters. The van der Waals surface area contributed by atoms with Gasteiger partial charge in [0.2, 0.25) is 0 Å². The number of halogens is 1. The van der Waals surface area contributed by atoms with Crippen molar-refractivity contribution >= 4 is 23.7 Å². The van der Waals surface area contributed by atoms with E-state index < -0.39 is 5.91 Å². The second-order valence-corrected chi connectivity index (χ2v) is 6.20. The van der Waals surface area contributed by atoms with E-state index in [1.807, 2.05) is 37.3 Å². The molecule has 0 spiro atoms. The fourth-order valence-electron chi connectivity index (χ4n) is 2.42. The molecule has 3 rings (SSSR count). The minimum absolute atomic E-state index is 0.245. The van der Waals surface area contributed by atoms with Gasteiger partial charge in [-0.3, -0.25) is 14.7 Å². The molecule has 2 aromatic carbocycles. The van der Waals surface area contributed by atoms with Crippen molar-refractivity contribution in [2.24, 2.45) is 5.10 Å². The fraction of sp³-hybridized carbons (Fsp3) is 0.105. The average molecular weight is 369 g/mol. The lowest BCUT2D eigenvalue weighted by Gasteiger charge is -2.02. The van der Waals surface area contributed by atoms with Gasteiger partial charge in [-0.25, -0.2) is 10.1 Å². The maximum atomic E-state index is 12.5. The lowest BCUT2D eigenvalue weighted by Crippen LogP contribution is -2.20. The van der Waals surface area contributed by atoms with Crippen LogP contribution in [0.5, 0.6) is 0 Å². The highest BCUT2D eigenvalue weighted by molar-refractivity contribution is 6.31. The van der Waals surface area contributed by atoms with Crippen molar-refractivity contribution < 1.29 is 4.79 Å². The Morgan fingerprint density at radius 3 is 2.62 bits per heavy atom. The molecule has 3 aromatic rings. The molecule has 7 heteroatoms. The second-order valence-electron chi connectivity index (χ2n) is 5.79. The Morgan fingerprint density at radius 1 is 1.19 bits per heavy atom. The van der Waals surface area contributed by atoms with Gasteiger partial charge in [0.15, 0.2) is 0 Å². The number of carbonyl (C=O) groups excluding carboxylic acids is 1. The zero-order chi connectivity index (χ0) is 18.7. The number of benzene rings is 2. The van der Waals surface area contributed by atoms with Gasteiger partial charge >= 0.3 is 0 Å². The molecule has 1 aromatic heterocycles. The Hall–Kier alpha value is -3.12. The lowest BCUT2D eigenvalue weighted by atomic mass is 10.1. The molecule has 0 fully saturated rings. The third-order valence-electron chi connectivity index (χ3n) is 3.93. The quantitative estimate of drug-likeness (QED) is 0.548. The SMILES string of the molecule is Cc1ccc(C(=O)N/N=C\c2c(C)[nH]n(-c3ccccc3)c2=O)cc1Cl. The van der Waals surface area contributed by atoms with Gasteiger partial charge in [0.25, 0.3) is 11.5 Å². The van der Waals surface area contributed by atoms with Crippen LogP contribution in [0.2, 0.25) is 5.02 Å². The van der Waals surface area contributed by atoms with Crippen molar-refractivity contribution in [3.05, 3.63) is 86.3 Å². The number of hydrogen-bond donors (Lipinski definition) is 2. The normalized spacial score (nSPS) is 11.0. The van der Waals surface area contributed by atoms with Gasteiger partial charge in [-0.15, -0.1) is 0 Å². The molecule has 0 aliphatic rings. The van der Waals surface area contributed by atoms with E-state index in [0.717, 1.165) is 11.3 Å². The molecule has 0 aliphatic heterocycles. The minimum atomic E-state index is -0.403. The molecule has 1 amide bonds. The largest absolute Gasteiger partial charge is 0.295 e. The summed E-state index contributed by atoms with van der Waals surface area (Å²) in [4.78, 5) is 24.6. The number of hydrogen-bond acceptors (Lipinski definition) is 3. The highest BCUT2D eigenvalue weighted by atomic mass is 35.5. The van der Waals surface area contributed by atoms with E-state index >= 15 is 0 Å². The van der Waals surface area contributed by atoms with Crippen molar-refractivity contribution in [3.8, 4) is 5.69 Å². The summed E-state index contributed by atoms with van der Waals surface area (Å²) in [5, 5.41) is 7.40. The van der Waals surface area contributed by atoms with Crippen molar-refractivity contribution in [1.29, 1.82) is 0 Å². The number of rotatable bonds is 4. The Bertz CT molecular complexity index is 1040. The molecule has 0 radical (unpaired) electrons. The first-order valence-corrected chi connectivity index (χ1v) is 8.32. The summed E-state index contributed by atoms with van der Waals surface area (Å²) in [6.07, 6.45) is 1.33. The van der Waals surface area contributed by atoms with Gasteiger partial charge in [0, 0.05) is 16.3 Å². The third kappa shape index (κ3) is 3.60. The third-order valence-corrected chi connectivity index (χ3v) is 4.33. The molecule has 0 aliphatic carbocycles. The number of aromatic amines is 1. The molecule has 26 heavy (non-hydrogen) atoms. The summed E-state index contributed by atoms with van der Waals surface area (Å²) in [5.74, 6) is -0.403. The maximum Gasteiger partial charge on any atom is 0.280 e. The van der Waals surface area contributed by atoms with E-state index in [9.17, 15) is 9.59 Å². The number of aryl methyl sites for hydroxylation is 2. The Morgan fingerprint density at radius 2 is 1.92 bits per heavy atom. The molecule has 2 N–H and O–H groups in total. The molecule has 1 heterocycles. The summed E-state index contributed by atoms with van der Waals surface area (Å²) in [5.41, 5.74) is 5.18. The number of para-hydroxylation sites is 1. The number of nitrogens with one attached hydrogen (secondary N) is 2. The monoisotopic (exact) mass is 368 g/mol. The number of hydrazone groups is 1. The van der Waals surface area contributed by atoms with Crippen molar-refractivity contribution in [2.45, 2.75) is 13.8 Å². The van der Waals surface area contributed by atoms with Crippen LogP contribution in [0.4, 0.5) is 0 Å². The Labute approximate surface area is 155 Å². The fourth-order valence-corrected chi connectivity index (χ4v) is 2.61. The molecule has 0 saturated carbocycles. The Kier molecular flexibility index (Phi) is 5.04. The summed E-state index contributed by atoms with van der Waals surface area (Å²) in [7, 11) is 0. The molecule has 0 atom stereocenters. The molecule has 0 bridgehead atoms. The van der Waals surface area contributed by atoms with Crippen LogP contribution < -0.4 is 11.0 Å². The van der Waals surface area contributed by atoms with Gasteiger partial charge < -0.3 is 0 Å². The summed E-state index contributed by atoms with van der Waals surface area (Å²) in [6, 6.07) is 14.2. The first-order chi connectivity index (χ1) is 12.5. The summed E-state index contributed by atoms with van der Waals surface area (Å²) in [6.45, 7) is 3.62. The highest BCUT2D eigenvalue weighted by Crippen LogP contribution is 2.16. The van der Waals surface area contributed by atoms with Crippen LogP contribution >= 0.6 is 11.6 Å². The molecule has 132 valence electrons. The number of nitrogens with zero attached hydrogens (tertiary/aromatic N) is 2. The smallest absolute Gasteiger partial charge is 0.280 e. The van der Waals surface area contributed by atoms with Gasteiger partial charge in [-0.05, 0) is 43.7 Å². The zero-order valence-electron chi connectivity index (χ0n) is 14.3. The van der Waals surface area contributed by atoms with Crippen LogP contribution in [-0.2, 0) is 0 Å². The van der Waals surface area contributed by atoms with Gasteiger partial charge in [-0.2, -0.15) is 5.10 Å². The van der Waals surface area contributed by atoms with Crippen LogP contribution in [0.3, 0.4) is 0 Å². The number of carbonyl (C=O) groups is 1. The lowest BCUT2D eigenvalue weighted by molar-refractivity contribution is 0.0955. The van der Waals surface area contributed by atoms with E-state index in [2.05, 4.69) is 15.6 Å². The number of aromatic nitrogens is 2. The minimum Gasteiger partial charge on any atom is -0.295 e. The molecular weight excluding hydrogens is 352 g/mol. The van der Waals surface area contributed by atoms with Crippen LogP contribution in [0.25, 0.3) is 5.69 Å². The van der Waals surface area contributed by atoms with Crippen LogP contribution in [-0.4, -0.2) is 21.9 Å².